The molecule has 2 aliphatic heterocycles. The van der Waals surface area contributed by atoms with E-state index in [2.05, 4.69) is 5.32 Å². The van der Waals surface area contributed by atoms with Crippen molar-refractivity contribution >= 4 is 10.2 Å². The molecule has 2 atom stereocenters. The van der Waals surface area contributed by atoms with E-state index < -0.39 is 10.2 Å². The monoisotopic (exact) mass is 303 g/mol. The van der Waals surface area contributed by atoms with Crippen molar-refractivity contribution in [3.63, 3.8) is 0 Å². The third-order valence-corrected chi connectivity index (χ3v) is 6.67. The highest BCUT2D eigenvalue weighted by Crippen LogP contribution is 2.31. The fourth-order valence-electron chi connectivity index (χ4n) is 3.55. The van der Waals surface area contributed by atoms with Crippen molar-refractivity contribution in [2.24, 2.45) is 0 Å². The highest BCUT2D eigenvalue weighted by Gasteiger charge is 2.42. The number of rotatable bonds is 2. The third-order valence-electron chi connectivity index (χ3n) is 4.60. The molecule has 0 spiro atoms. The number of hydrogen-bond acceptors (Lipinski definition) is 4. The first kappa shape index (κ1) is 14.7. The molecule has 7 heteroatoms. The maximum absolute atomic E-state index is 12.9. The van der Waals surface area contributed by atoms with Crippen LogP contribution >= 0.6 is 0 Å². The Morgan fingerprint density at radius 2 is 1.85 bits per heavy atom. The second-order valence-corrected chi connectivity index (χ2v) is 7.76. The summed E-state index contributed by atoms with van der Waals surface area (Å²) in [7, 11) is -3.33. The summed E-state index contributed by atoms with van der Waals surface area (Å²) in [4.78, 5) is 0. The van der Waals surface area contributed by atoms with Crippen molar-refractivity contribution in [1.29, 1.82) is 0 Å². The molecule has 3 aliphatic rings. The number of hydrogen-bond donors (Lipinski definition) is 1. The van der Waals surface area contributed by atoms with Crippen LogP contribution in [-0.2, 0) is 14.9 Å². The normalized spacial score (nSPS) is 34.4. The zero-order chi connectivity index (χ0) is 14.0. The smallest absolute Gasteiger partial charge is 0.282 e. The topological polar surface area (TPSA) is 61.9 Å². The highest BCUT2D eigenvalue weighted by molar-refractivity contribution is 7.86. The van der Waals surface area contributed by atoms with Crippen LogP contribution < -0.4 is 5.32 Å². The van der Waals surface area contributed by atoms with Gasteiger partial charge in [0, 0.05) is 26.2 Å². The van der Waals surface area contributed by atoms with Gasteiger partial charge in [0.05, 0.1) is 18.8 Å². The molecule has 2 heterocycles. The Kier molecular flexibility index (Phi) is 4.62. The molecule has 0 aromatic heterocycles. The van der Waals surface area contributed by atoms with Gasteiger partial charge in [0.1, 0.15) is 0 Å². The SMILES string of the molecule is O=S(=O)(N1CCCNCC1)N1CCOC2CCCCC21. The van der Waals surface area contributed by atoms with Gasteiger partial charge in [-0.15, -0.1) is 0 Å². The molecular weight excluding hydrogens is 278 g/mol. The maximum atomic E-state index is 12.9. The first-order valence-electron chi connectivity index (χ1n) is 7.79. The van der Waals surface area contributed by atoms with E-state index in [1.807, 2.05) is 0 Å². The maximum Gasteiger partial charge on any atom is 0.282 e. The van der Waals surface area contributed by atoms with Gasteiger partial charge in [-0.3, -0.25) is 0 Å². The summed E-state index contributed by atoms with van der Waals surface area (Å²) in [5, 5.41) is 3.26. The number of fused-ring (bicyclic) bond motifs is 1. The van der Waals surface area contributed by atoms with Gasteiger partial charge in [-0.05, 0) is 25.8 Å². The summed E-state index contributed by atoms with van der Waals surface area (Å²) >= 11 is 0. The predicted molar refractivity (Wildman–Crippen MR) is 76.7 cm³/mol. The lowest BCUT2D eigenvalue weighted by Gasteiger charge is -2.44. The Morgan fingerprint density at radius 1 is 1.00 bits per heavy atom. The number of ether oxygens (including phenoxy) is 1. The van der Waals surface area contributed by atoms with Crippen molar-refractivity contribution in [1.82, 2.24) is 13.9 Å². The number of morpholine rings is 1. The van der Waals surface area contributed by atoms with E-state index in [-0.39, 0.29) is 12.1 Å². The first-order valence-corrected chi connectivity index (χ1v) is 9.18. The van der Waals surface area contributed by atoms with Gasteiger partial charge in [0.2, 0.25) is 0 Å². The van der Waals surface area contributed by atoms with E-state index in [0.29, 0.717) is 26.2 Å². The zero-order valence-electron chi connectivity index (χ0n) is 12.0. The summed E-state index contributed by atoms with van der Waals surface area (Å²) in [6.45, 7) is 3.90. The average molecular weight is 303 g/mol. The van der Waals surface area contributed by atoms with Crippen LogP contribution in [0.1, 0.15) is 32.1 Å². The fraction of sp³-hybridized carbons (Fsp3) is 1.00. The number of nitrogens with one attached hydrogen (secondary N) is 1. The highest BCUT2D eigenvalue weighted by atomic mass is 32.2. The van der Waals surface area contributed by atoms with Gasteiger partial charge in [0.25, 0.3) is 10.2 Å². The number of nitrogens with zero attached hydrogens (tertiary/aromatic N) is 2. The van der Waals surface area contributed by atoms with E-state index in [0.717, 1.165) is 45.2 Å². The van der Waals surface area contributed by atoms with Gasteiger partial charge in [-0.1, -0.05) is 12.8 Å². The fourth-order valence-corrected chi connectivity index (χ4v) is 5.41. The Morgan fingerprint density at radius 3 is 2.75 bits per heavy atom. The van der Waals surface area contributed by atoms with Crippen LogP contribution in [0.5, 0.6) is 0 Å². The summed E-state index contributed by atoms with van der Waals surface area (Å²) < 4.78 is 35.0. The zero-order valence-corrected chi connectivity index (χ0v) is 12.8. The van der Waals surface area contributed by atoms with Crippen molar-refractivity contribution in [2.75, 3.05) is 39.3 Å². The lowest BCUT2D eigenvalue weighted by Crippen LogP contribution is -2.58. The van der Waals surface area contributed by atoms with Crippen LogP contribution in [0.4, 0.5) is 0 Å². The molecule has 3 rings (SSSR count). The molecule has 2 unspecified atom stereocenters. The van der Waals surface area contributed by atoms with E-state index >= 15 is 0 Å². The van der Waals surface area contributed by atoms with Gasteiger partial charge >= 0.3 is 0 Å². The van der Waals surface area contributed by atoms with E-state index in [1.54, 1.807) is 8.61 Å². The molecule has 3 fully saturated rings. The average Bonchev–Trinajstić information content (AvgIpc) is 2.76. The van der Waals surface area contributed by atoms with E-state index in [4.69, 9.17) is 4.74 Å². The van der Waals surface area contributed by atoms with Crippen LogP contribution in [0.2, 0.25) is 0 Å². The third kappa shape index (κ3) is 2.87. The summed E-state index contributed by atoms with van der Waals surface area (Å²) in [6.07, 6.45) is 5.20. The van der Waals surface area contributed by atoms with Crippen LogP contribution in [0.25, 0.3) is 0 Å². The van der Waals surface area contributed by atoms with Gasteiger partial charge in [-0.25, -0.2) is 0 Å². The largest absolute Gasteiger partial charge is 0.375 e. The molecule has 0 aromatic carbocycles. The van der Waals surface area contributed by atoms with Crippen LogP contribution in [0, 0.1) is 0 Å². The quantitative estimate of drug-likeness (QED) is 0.790. The molecule has 1 N–H and O–H groups in total. The molecule has 2 saturated heterocycles. The Bertz CT molecular complexity index is 419. The van der Waals surface area contributed by atoms with E-state index in [9.17, 15) is 8.42 Å². The molecular formula is C13H25N3O3S. The van der Waals surface area contributed by atoms with Crippen LogP contribution in [0.3, 0.4) is 0 Å². The van der Waals surface area contributed by atoms with Crippen molar-refractivity contribution in [3.8, 4) is 0 Å². The van der Waals surface area contributed by atoms with E-state index in [1.165, 1.54) is 0 Å². The first-order chi connectivity index (χ1) is 9.69. The standard InChI is InChI=1S/C13H25N3O3S/c17-20(18,15-8-3-6-14-7-9-15)16-10-11-19-13-5-2-1-4-12(13)16/h12-14H,1-11H2. The van der Waals surface area contributed by atoms with Crippen LogP contribution in [-0.4, -0.2) is 68.5 Å². The van der Waals surface area contributed by atoms with Crippen LogP contribution in [0.15, 0.2) is 0 Å². The van der Waals surface area contributed by atoms with Gasteiger partial charge < -0.3 is 10.1 Å². The molecule has 0 radical (unpaired) electrons. The van der Waals surface area contributed by atoms with Crippen molar-refractivity contribution < 1.29 is 13.2 Å². The minimum Gasteiger partial charge on any atom is -0.375 e. The lowest BCUT2D eigenvalue weighted by atomic mass is 9.91. The summed E-state index contributed by atoms with van der Waals surface area (Å²) in [6, 6.07) is 0.0544. The Labute approximate surface area is 121 Å². The minimum absolute atomic E-state index is 0.0544. The molecule has 20 heavy (non-hydrogen) atoms. The molecule has 6 nitrogen and oxygen atoms in total. The molecule has 1 saturated carbocycles. The molecule has 1 aliphatic carbocycles. The Hall–Kier alpha value is -0.210. The van der Waals surface area contributed by atoms with Gasteiger partial charge in [-0.2, -0.15) is 17.0 Å². The molecule has 0 aromatic rings. The summed E-state index contributed by atoms with van der Waals surface area (Å²) in [5.74, 6) is 0. The second-order valence-electron chi connectivity index (χ2n) is 5.88. The minimum atomic E-state index is -3.33. The molecule has 116 valence electrons. The van der Waals surface area contributed by atoms with Gasteiger partial charge in [0.15, 0.2) is 0 Å². The predicted octanol–water partition coefficient (Wildman–Crippen LogP) is 0.170. The lowest BCUT2D eigenvalue weighted by molar-refractivity contribution is -0.0602. The van der Waals surface area contributed by atoms with Crippen molar-refractivity contribution in [3.05, 3.63) is 0 Å². The second kappa shape index (κ2) is 6.27. The Balaban J connectivity index is 1.77. The molecule has 0 bridgehead atoms. The summed E-state index contributed by atoms with van der Waals surface area (Å²) in [5.41, 5.74) is 0. The van der Waals surface area contributed by atoms with Crippen molar-refractivity contribution in [2.45, 2.75) is 44.2 Å². The molecule has 0 amide bonds.